The molecule has 0 saturated heterocycles. The van der Waals surface area contributed by atoms with Gasteiger partial charge in [0.25, 0.3) is 0 Å². The van der Waals surface area contributed by atoms with Crippen LogP contribution in [-0.4, -0.2) is 4.57 Å². The second-order valence-electron chi connectivity index (χ2n) is 3.63. The molecule has 0 N–H and O–H groups in total. The molecule has 0 aliphatic heterocycles. The van der Waals surface area contributed by atoms with E-state index in [4.69, 9.17) is 6.42 Å². The maximum absolute atomic E-state index is 5.40. The van der Waals surface area contributed by atoms with E-state index in [0.29, 0.717) is 0 Å². The molecule has 0 aliphatic carbocycles. The normalized spacial score (nSPS) is 12.6. The highest BCUT2D eigenvalue weighted by atomic mass is 14.9. The summed E-state index contributed by atoms with van der Waals surface area (Å²) in [6.07, 6.45) is 7.47. The molecule has 0 radical (unpaired) electrons. The van der Waals surface area contributed by atoms with Crippen LogP contribution >= 0.6 is 0 Å². The van der Waals surface area contributed by atoms with Crippen molar-refractivity contribution in [1.82, 2.24) is 4.57 Å². The molecule has 70 valence electrons. The fourth-order valence-corrected chi connectivity index (χ4v) is 1.65. The van der Waals surface area contributed by atoms with Gasteiger partial charge in [0.15, 0.2) is 0 Å². The van der Waals surface area contributed by atoms with Gasteiger partial charge in [-0.25, -0.2) is 0 Å². The van der Waals surface area contributed by atoms with Crippen LogP contribution in [0.25, 0.3) is 10.9 Å². The standard InChI is InChI=1S/C13H13N/c1-4-10(2)12-6-5-11-7-8-14(3)13(11)9-12/h1,5-10H,2-3H3. The van der Waals surface area contributed by atoms with Gasteiger partial charge in [-0.05, 0) is 30.0 Å². The lowest BCUT2D eigenvalue weighted by Gasteiger charge is -2.05. The van der Waals surface area contributed by atoms with Crippen molar-refractivity contribution in [1.29, 1.82) is 0 Å². The molecule has 1 unspecified atom stereocenters. The summed E-state index contributed by atoms with van der Waals surface area (Å²) < 4.78 is 2.11. The SMILES string of the molecule is C#CC(C)c1ccc2ccn(C)c2c1. The molecule has 0 amide bonds. The third-order valence-electron chi connectivity index (χ3n) is 2.66. The molecule has 1 heterocycles. The average Bonchev–Trinajstić information content (AvgIpc) is 2.59. The minimum Gasteiger partial charge on any atom is -0.351 e. The monoisotopic (exact) mass is 183 g/mol. The Labute approximate surface area is 84.4 Å². The van der Waals surface area contributed by atoms with Gasteiger partial charge in [-0.2, -0.15) is 0 Å². The number of nitrogens with zero attached hydrogens (tertiary/aromatic N) is 1. The van der Waals surface area contributed by atoms with Gasteiger partial charge >= 0.3 is 0 Å². The summed E-state index contributed by atoms with van der Waals surface area (Å²) in [5.41, 5.74) is 2.45. The van der Waals surface area contributed by atoms with E-state index in [1.54, 1.807) is 0 Å². The van der Waals surface area contributed by atoms with Crippen molar-refractivity contribution in [3.8, 4) is 12.3 Å². The Bertz CT molecular complexity index is 499. The molecule has 0 fully saturated rings. The van der Waals surface area contributed by atoms with Gasteiger partial charge in [0, 0.05) is 24.7 Å². The summed E-state index contributed by atoms with van der Waals surface area (Å²) in [6, 6.07) is 8.50. The molecule has 2 rings (SSSR count). The van der Waals surface area contributed by atoms with Crippen LogP contribution in [0.15, 0.2) is 30.5 Å². The summed E-state index contributed by atoms with van der Waals surface area (Å²) in [4.78, 5) is 0. The molecular formula is C13H13N. The molecule has 0 saturated carbocycles. The minimum atomic E-state index is 0.189. The smallest absolute Gasteiger partial charge is 0.0480 e. The first-order valence-electron chi connectivity index (χ1n) is 4.73. The highest BCUT2D eigenvalue weighted by Gasteiger charge is 2.04. The molecule has 1 aromatic heterocycles. The van der Waals surface area contributed by atoms with Gasteiger partial charge in [-0.15, -0.1) is 6.42 Å². The number of benzene rings is 1. The number of aryl methyl sites for hydroxylation is 1. The second kappa shape index (κ2) is 3.23. The van der Waals surface area contributed by atoms with E-state index in [0.717, 1.165) is 0 Å². The number of rotatable bonds is 1. The summed E-state index contributed by atoms with van der Waals surface area (Å²) >= 11 is 0. The molecule has 14 heavy (non-hydrogen) atoms. The summed E-state index contributed by atoms with van der Waals surface area (Å²) in [6.45, 7) is 2.05. The Hall–Kier alpha value is -1.68. The predicted octanol–water partition coefficient (Wildman–Crippen LogP) is 2.92. The molecular weight excluding hydrogens is 170 g/mol. The lowest BCUT2D eigenvalue weighted by atomic mass is 10.0. The van der Waals surface area contributed by atoms with Crippen molar-refractivity contribution in [3.05, 3.63) is 36.0 Å². The van der Waals surface area contributed by atoms with Crippen molar-refractivity contribution >= 4 is 10.9 Å². The van der Waals surface area contributed by atoms with E-state index in [1.165, 1.54) is 16.5 Å². The number of hydrogen-bond acceptors (Lipinski definition) is 0. The number of hydrogen-bond donors (Lipinski definition) is 0. The quantitative estimate of drug-likeness (QED) is 0.599. The van der Waals surface area contributed by atoms with Gasteiger partial charge in [0.2, 0.25) is 0 Å². The Morgan fingerprint density at radius 2 is 2.14 bits per heavy atom. The van der Waals surface area contributed by atoms with Crippen LogP contribution < -0.4 is 0 Å². The lowest BCUT2D eigenvalue weighted by molar-refractivity contribution is 0.959. The van der Waals surface area contributed by atoms with Crippen LogP contribution in [0.2, 0.25) is 0 Å². The summed E-state index contributed by atoms with van der Waals surface area (Å²) in [5.74, 6) is 2.94. The van der Waals surface area contributed by atoms with Crippen molar-refractivity contribution in [2.24, 2.45) is 7.05 Å². The van der Waals surface area contributed by atoms with E-state index in [9.17, 15) is 0 Å². The lowest BCUT2D eigenvalue weighted by Crippen LogP contribution is -1.90. The van der Waals surface area contributed by atoms with Crippen molar-refractivity contribution in [2.75, 3.05) is 0 Å². The Morgan fingerprint density at radius 3 is 2.86 bits per heavy atom. The van der Waals surface area contributed by atoms with Crippen LogP contribution in [0.4, 0.5) is 0 Å². The van der Waals surface area contributed by atoms with E-state index in [1.807, 2.05) is 14.0 Å². The highest BCUT2D eigenvalue weighted by molar-refractivity contribution is 5.80. The van der Waals surface area contributed by atoms with Gasteiger partial charge < -0.3 is 4.57 Å². The van der Waals surface area contributed by atoms with Crippen LogP contribution in [0.3, 0.4) is 0 Å². The van der Waals surface area contributed by atoms with Crippen molar-refractivity contribution in [2.45, 2.75) is 12.8 Å². The van der Waals surface area contributed by atoms with E-state index in [2.05, 4.69) is 40.9 Å². The fourth-order valence-electron chi connectivity index (χ4n) is 1.65. The van der Waals surface area contributed by atoms with E-state index in [-0.39, 0.29) is 5.92 Å². The summed E-state index contributed by atoms with van der Waals surface area (Å²) in [5, 5.41) is 1.26. The first-order valence-corrected chi connectivity index (χ1v) is 4.73. The zero-order chi connectivity index (χ0) is 10.1. The predicted molar refractivity (Wildman–Crippen MR) is 60.2 cm³/mol. The van der Waals surface area contributed by atoms with Crippen molar-refractivity contribution in [3.63, 3.8) is 0 Å². The maximum Gasteiger partial charge on any atom is 0.0480 e. The first kappa shape index (κ1) is 8.90. The molecule has 2 aromatic rings. The van der Waals surface area contributed by atoms with Gasteiger partial charge in [0.1, 0.15) is 0 Å². The van der Waals surface area contributed by atoms with Crippen LogP contribution in [0.5, 0.6) is 0 Å². The van der Waals surface area contributed by atoms with Crippen LogP contribution in [0, 0.1) is 12.3 Å². The van der Waals surface area contributed by atoms with E-state index >= 15 is 0 Å². The van der Waals surface area contributed by atoms with Crippen LogP contribution in [-0.2, 0) is 7.05 Å². The van der Waals surface area contributed by atoms with Crippen molar-refractivity contribution < 1.29 is 0 Å². The molecule has 0 spiro atoms. The topological polar surface area (TPSA) is 4.93 Å². The third kappa shape index (κ3) is 1.29. The average molecular weight is 183 g/mol. The number of terminal acetylenes is 1. The Balaban J connectivity index is 2.61. The fraction of sp³-hybridized carbons (Fsp3) is 0.231. The van der Waals surface area contributed by atoms with Gasteiger partial charge in [-0.1, -0.05) is 18.1 Å². The first-order chi connectivity index (χ1) is 6.72. The Morgan fingerprint density at radius 1 is 1.36 bits per heavy atom. The molecule has 1 aromatic carbocycles. The zero-order valence-electron chi connectivity index (χ0n) is 8.49. The minimum absolute atomic E-state index is 0.189. The molecule has 1 nitrogen and oxygen atoms in total. The highest BCUT2D eigenvalue weighted by Crippen LogP contribution is 2.21. The van der Waals surface area contributed by atoms with Crippen LogP contribution in [0.1, 0.15) is 18.4 Å². The maximum atomic E-state index is 5.40. The van der Waals surface area contributed by atoms with Gasteiger partial charge in [0.05, 0.1) is 0 Å². The van der Waals surface area contributed by atoms with Gasteiger partial charge in [-0.3, -0.25) is 0 Å². The summed E-state index contributed by atoms with van der Waals surface area (Å²) in [7, 11) is 2.05. The number of aromatic nitrogens is 1. The molecule has 0 bridgehead atoms. The largest absolute Gasteiger partial charge is 0.351 e. The molecule has 1 heteroatoms. The molecule has 1 atom stereocenters. The Kier molecular flexibility index (Phi) is 2.05. The zero-order valence-corrected chi connectivity index (χ0v) is 8.49. The second-order valence-corrected chi connectivity index (χ2v) is 3.63. The molecule has 0 aliphatic rings. The van der Waals surface area contributed by atoms with E-state index < -0.39 is 0 Å². The number of fused-ring (bicyclic) bond motifs is 1. The third-order valence-corrected chi connectivity index (χ3v) is 2.66.